The number of carbonyl (C=O) groups is 1. The maximum absolute atomic E-state index is 14.6. The molecule has 3 heterocycles. The first-order valence-corrected chi connectivity index (χ1v) is 8.61. The molecule has 0 radical (unpaired) electrons. The van der Waals surface area contributed by atoms with Crippen molar-refractivity contribution < 1.29 is 13.9 Å². The van der Waals surface area contributed by atoms with Crippen molar-refractivity contribution in [1.82, 2.24) is 9.97 Å². The second-order valence-electron chi connectivity index (χ2n) is 6.73. The third kappa shape index (κ3) is 3.49. The van der Waals surface area contributed by atoms with Gasteiger partial charge in [0, 0.05) is 12.1 Å². The van der Waals surface area contributed by atoms with Crippen molar-refractivity contribution in [3.63, 3.8) is 0 Å². The van der Waals surface area contributed by atoms with Gasteiger partial charge in [-0.3, -0.25) is 4.79 Å². The fourth-order valence-corrected chi connectivity index (χ4v) is 3.02. The van der Waals surface area contributed by atoms with E-state index in [0.717, 1.165) is 0 Å². The van der Waals surface area contributed by atoms with Crippen LogP contribution in [0.15, 0.2) is 35.5 Å². The normalized spacial score (nSPS) is 23.9. The molecule has 144 valence electrons. The highest BCUT2D eigenvalue weighted by Gasteiger charge is 2.44. The van der Waals surface area contributed by atoms with Gasteiger partial charge in [-0.05, 0) is 38.1 Å². The summed E-state index contributed by atoms with van der Waals surface area (Å²) >= 11 is 0. The first-order valence-electron chi connectivity index (χ1n) is 8.61. The number of amides is 1. The highest BCUT2D eigenvalue weighted by Crippen LogP contribution is 2.39. The van der Waals surface area contributed by atoms with Crippen LogP contribution in [-0.4, -0.2) is 28.0 Å². The monoisotopic (exact) mass is 382 g/mol. The number of anilines is 1. The van der Waals surface area contributed by atoms with Crippen molar-refractivity contribution in [3.05, 3.63) is 53.2 Å². The van der Waals surface area contributed by atoms with Gasteiger partial charge in [-0.25, -0.2) is 19.4 Å². The van der Waals surface area contributed by atoms with Gasteiger partial charge in [-0.1, -0.05) is 6.92 Å². The maximum Gasteiger partial charge on any atom is 0.283 e. The van der Waals surface area contributed by atoms with E-state index in [1.807, 2.05) is 19.9 Å². The highest BCUT2D eigenvalue weighted by molar-refractivity contribution is 6.02. The third-order valence-electron chi connectivity index (χ3n) is 4.93. The molecule has 1 amide bonds. The van der Waals surface area contributed by atoms with Crippen LogP contribution in [0.2, 0.25) is 0 Å². The quantitative estimate of drug-likeness (QED) is 0.839. The zero-order valence-corrected chi connectivity index (χ0v) is 15.6. The van der Waals surface area contributed by atoms with Gasteiger partial charge in [-0.2, -0.15) is 5.26 Å². The number of nitrogens with two attached hydrogens (primary N) is 1. The predicted octanol–water partition coefficient (Wildman–Crippen LogP) is 2.32. The van der Waals surface area contributed by atoms with Crippen LogP contribution in [0.3, 0.4) is 0 Å². The first kappa shape index (κ1) is 19.2. The molecule has 0 spiro atoms. The molecular weight excluding hydrogens is 363 g/mol. The molecule has 1 unspecified atom stereocenters. The Kier molecular flexibility index (Phi) is 4.96. The van der Waals surface area contributed by atoms with Crippen molar-refractivity contribution >= 4 is 17.7 Å². The van der Waals surface area contributed by atoms with E-state index in [2.05, 4.69) is 20.3 Å². The molecule has 3 atom stereocenters. The summed E-state index contributed by atoms with van der Waals surface area (Å²) in [6.07, 6.45) is 1.01. The van der Waals surface area contributed by atoms with Gasteiger partial charge in [0.1, 0.15) is 40.7 Å². The Labute approximate surface area is 161 Å². The summed E-state index contributed by atoms with van der Waals surface area (Å²) in [7, 11) is 0. The minimum atomic E-state index is -1.06. The van der Waals surface area contributed by atoms with E-state index in [1.54, 1.807) is 6.92 Å². The number of rotatable bonds is 3. The Bertz CT molecular complexity index is 985. The smallest absolute Gasteiger partial charge is 0.283 e. The van der Waals surface area contributed by atoms with Gasteiger partial charge in [-0.15, -0.1) is 0 Å². The van der Waals surface area contributed by atoms with E-state index < -0.39 is 17.3 Å². The lowest BCUT2D eigenvalue weighted by molar-refractivity contribution is 0.0684. The van der Waals surface area contributed by atoms with Crippen LogP contribution in [-0.2, 0) is 10.3 Å². The molecule has 0 bridgehead atoms. The van der Waals surface area contributed by atoms with Crippen molar-refractivity contribution in [2.45, 2.75) is 32.4 Å². The molecule has 28 heavy (non-hydrogen) atoms. The first-order chi connectivity index (χ1) is 13.2. The molecule has 0 aromatic carbocycles. The van der Waals surface area contributed by atoms with E-state index in [0.29, 0.717) is 5.56 Å². The van der Waals surface area contributed by atoms with E-state index in [4.69, 9.17) is 15.7 Å². The molecule has 1 aliphatic rings. The molecule has 2 aromatic heterocycles. The lowest BCUT2D eigenvalue weighted by Gasteiger charge is -2.39. The number of hydrogen-bond donors (Lipinski definition) is 2. The highest BCUT2D eigenvalue weighted by atomic mass is 19.1. The third-order valence-corrected chi connectivity index (χ3v) is 4.93. The minimum Gasteiger partial charge on any atom is -0.462 e. The van der Waals surface area contributed by atoms with E-state index in [1.165, 1.54) is 30.5 Å². The number of hydrogen-bond acceptors (Lipinski definition) is 7. The zero-order valence-electron chi connectivity index (χ0n) is 15.6. The summed E-state index contributed by atoms with van der Waals surface area (Å²) < 4.78 is 20.0. The second kappa shape index (κ2) is 7.23. The topological polar surface area (TPSA) is 126 Å². The number of nitrogens with one attached hydrogen (secondary N) is 1. The van der Waals surface area contributed by atoms with Crippen LogP contribution in [0.4, 0.5) is 10.2 Å². The van der Waals surface area contributed by atoms with Crippen molar-refractivity contribution in [3.8, 4) is 6.07 Å². The van der Waals surface area contributed by atoms with Crippen LogP contribution in [0.5, 0.6) is 0 Å². The van der Waals surface area contributed by atoms with Crippen LogP contribution in [0, 0.1) is 23.1 Å². The maximum atomic E-state index is 14.6. The molecular formula is C19H19FN6O2. The molecule has 0 saturated carbocycles. The SMILES string of the molecule is CC1OC(N)=N[C@@](C)(c2nc(NC(=O)c3ccc(C#N)cn3)ccc2F)[C@@H]1C. The van der Waals surface area contributed by atoms with Gasteiger partial charge in [0.2, 0.25) is 0 Å². The standard InChI is InChI=1S/C19H19FN6O2/c1-10-11(2)28-18(22)26-19(10,3)16-13(20)5-7-15(24-16)25-17(27)14-6-4-12(8-21)9-23-14/h4-7,9-11H,1-3H3,(H2,22,26)(H,24,25,27)/t10-,11?,19-/m1/s1. The summed E-state index contributed by atoms with van der Waals surface area (Å²) in [6, 6.07) is 7.36. The van der Waals surface area contributed by atoms with Gasteiger partial charge in [0.05, 0.1) is 5.56 Å². The van der Waals surface area contributed by atoms with Gasteiger partial charge < -0.3 is 15.8 Å². The predicted molar refractivity (Wildman–Crippen MR) is 99.8 cm³/mol. The number of aliphatic imine (C=N–C) groups is 1. The number of nitrogens with zero attached hydrogens (tertiary/aromatic N) is 4. The number of halogens is 1. The molecule has 2 aromatic rings. The number of ether oxygens (including phenoxy) is 1. The van der Waals surface area contributed by atoms with E-state index in [-0.39, 0.29) is 35.2 Å². The van der Waals surface area contributed by atoms with Crippen LogP contribution in [0.25, 0.3) is 0 Å². The Hall–Kier alpha value is -3.54. The van der Waals surface area contributed by atoms with Gasteiger partial charge >= 0.3 is 0 Å². The number of pyridine rings is 2. The van der Waals surface area contributed by atoms with Crippen molar-refractivity contribution in [2.24, 2.45) is 16.6 Å². The molecule has 3 rings (SSSR count). The molecule has 0 saturated heterocycles. The van der Waals surface area contributed by atoms with Crippen molar-refractivity contribution in [1.29, 1.82) is 5.26 Å². The molecule has 3 N–H and O–H groups in total. The second-order valence-corrected chi connectivity index (χ2v) is 6.73. The number of amidine groups is 1. The fraction of sp³-hybridized carbons (Fsp3) is 0.316. The lowest BCUT2D eigenvalue weighted by Crippen LogP contribution is -2.46. The lowest BCUT2D eigenvalue weighted by atomic mass is 9.80. The Morgan fingerprint density at radius 1 is 1.36 bits per heavy atom. The van der Waals surface area contributed by atoms with Gasteiger partial charge in [0.25, 0.3) is 11.9 Å². The Morgan fingerprint density at radius 2 is 2.11 bits per heavy atom. The summed E-state index contributed by atoms with van der Waals surface area (Å²) in [5, 5.41) is 11.4. The molecule has 8 nitrogen and oxygen atoms in total. The molecule has 9 heteroatoms. The molecule has 1 aliphatic heterocycles. The number of nitriles is 1. The largest absolute Gasteiger partial charge is 0.462 e. The van der Waals surface area contributed by atoms with Crippen LogP contribution in [0.1, 0.15) is 42.5 Å². The van der Waals surface area contributed by atoms with Crippen molar-refractivity contribution in [2.75, 3.05) is 5.32 Å². The van der Waals surface area contributed by atoms with E-state index >= 15 is 0 Å². The Balaban J connectivity index is 1.92. The summed E-state index contributed by atoms with van der Waals surface area (Å²) in [5.74, 6) is -1.16. The van der Waals surface area contributed by atoms with E-state index in [9.17, 15) is 9.18 Å². The van der Waals surface area contributed by atoms with Crippen LogP contribution >= 0.6 is 0 Å². The van der Waals surface area contributed by atoms with Crippen LogP contribution < -0.4 is 11.1 Å². The minimum absolute atomic E-state index is 0.0366. The summed E-state index contributed by atoms with van der Waals surface area (Å²) in [5.41, 5.74) is 5.19. The summed E-state index contributed by atoms with van der Waals surface area (Å²) in [4.78, 5) is 24.9. The fourth-order valence-electron chi connectivity index (χ4n) is 3.02. The molecule has 0 fully saturated rings. The molecule has 0 aliphatic carbocycles. The average Bonchev–Trinajstić information content (AvgIpc) is 2.67. The average molecular weight is 382 g/mol. The summed E-state index contributed by atoms with van der Waals surface area (Å²) in [6.45, 7) is 5.42. The Morgan fingerprint density at radius 3 is 2.75 bits per heavy atom. The number of aromatic nitrogens is 2. The number of carbonyl (C=O) groups excluding carboxylic acids is 1. The van der Waals surface area contributed by atoms with Gasteiger partial charge in [0.15, 0.2) is 0 Å². The zero-order chi connectivity index (χ0) is 20.5.